The van der Waals surface area contributed by atoms with Gasteiger partial charge in [-0.05, 0) is 37.1 Å². The van der Waals surface area contributed by atoms with Crippen molar-refractivity contribution >= 4 is 35.6 Å². The van der Waals surface area contributed by atoms with Crippen LogP contribution in [0.25, 0.3) is 6.08 Å². The van der Waals surface area contributed by atoms with Crippen molar-refractivity contribution in [3.05, 3.63) is 35.4 Å². The predicted octanol–water partition coefficient (Wildman–Crippen LogP) is 5.63. The van der Waals surface area contributed by atoms with E-state index in [4.69, 9.17) is 4.74 Å². The van der Waals surface area contributed by atoms with Crippen molar-refractivity contribution in [1.29, 1.82) is 0 Å². The first kappa shape index (κ1) is 20.2. The van der Waals surface area contributed by atoms with Gasteiger partial charge in [-0.1, -0.05) is 56.5 Å². The second kappa shape index (κ2) is 11.6. The molecule has 0 spiro atoms. The van der Waals surface area contributed by atoms with E-state index in [0.717, 1.165) is 29.1 Å². The van der Waals surface area contributed by atoms with Crippen molar-refractivity contribution in [1.82, 2.24) is 0 Å². The number of methoxy groups -OCH3 is 1. The van der Waals surface area contributed by atoms with Crippen molar-refractivity contribution < 1.29 is 9.53 Å². The van der Waals surface area contributed by atoms with Crippen LogP contribution < -0.4 is 4.74 Å². The number of benzene rings is 1. The van der Waals surface area contributed by atoms with Crippen LogP contribution >= 0.6 is 24.4 Å². The van der Waals surface area contributed by atoms with E-state index in [-0.39, 0.29) is 5.12 Å². The lowest BCUT2D eigenvalue weighted by atomic mass is 10.1. The highest BCUT2D eigenvalue weighted by Crippen LogP contribution is 2.24. The van der Waals surface area contributed by atoms with Crippen molar-refractivity contribution in [3.63, 3.8) is 0 Å². The van der Waals surface area contributed by atoms with E-state index in [9.17, 15) is 4.79 Å². The number of carbonyl (C=O) groups excluding carboxylic acids is 1. The van der Waals surface area contributed by atoms with Gasteiger partial charge < -0.3 is 4.74 Å². The quantitative estimate of drug-likeness (QED) is 0.336. The third kappa shape index (κ3) is 7.98. The molecule has 0 aromatic heterocycles. The normalized spacial score (nSPS) is 13.0. The average Bonchev–Trinajstić information content (AvgIpc) is 2.58. The molecule has 1 aromatic carbocycles. The second-order valence-electron chi connectivity index (χ2n) is 5.66. The van der Waals surface area contributed by atoms with Gasteiger partial charge in [0.15, 0.2) is 0 Å². The molecule has 1 atom stereocenters. The lowest BCUT2D eigenvalue weighted by Gasteiger charge is -2.13. The molecule has 0 N–H and O–H groups in total. The number of rotatable bonds is 10. The molecule has 128 valence electrons. The molecule has 23 heavy (non-hydrogen) atoms. The summed E-state index contributed by atoms with van der Waals surface area (Å²) in [5.41, 5.74) is 1.79. The van der Waals surface area contributed by atoms with Crippen LogP contribution in [-0.2, 0) is 4.79 Å². The summed E-state index contributed by atoms with van der Waals surface area (Å²) in [6.45, 7) is 4.09. The van der Waals surface area contributed by atoms with Crippen LogP contribution in [0, 0.1) is 0 Å². The summed E-state index contributed by atoms with van der Waals surface area (Å²) in [4.78, 5) is 12.4. The number of thiol groups is 1. The van der Waals surface area contributed by atoms with Crippen molar-refractivity contribution in [2.45, 2.75) is 51.2 Å². The molecule has 0 saturated carbocycles. The molecule has 0 radical (unpaired) electrons. The van der Waals surface area contributed by atoms with Crippen molar-refractivity contribution in [2.75, 3.05) is 12.9 Å². The Labute approximate surface area is 150 Å². The van der Waals surface area contributed by atoms with E-state index in [1.54, 1.807) is 7.11 Å². The molecule has 4 heteroatoms. The largest absolute Gasteiger partial charge is 0.497 e. The number of hydrogen-bond acceptors (Lipinski definition) is 4. The molecule has 0 bridgehead atoms. The van der Waals surface area contributed by atoms with Gasteiger partial charge in [0.05, 0.1) is 7.11 Å². The smallest absolute Gasteiger partial charge is 0.215 e. The van der Waals surface area contributed by atoms with Crippen LogP contribution in [0.3, 0.4) is 0 Å². The molecule has 0 fully saturated rings. The Kier molecular flexibility index (Phi) is 10.2. The van der Waals surface area contributed by atoms with Crippen LogP contribution in [0.4, 0.5) is 0 Å². The first-order chi connectivity index (χ1) is 11.1. The van der Waals surface area contributed by atoms with E-state index in [1.807, 2.05) is 37.3 Å². The Morgan fingerprint density at radius 3 is 2.52 bits per heavy atom. The maximum absolute atomic E-state index is 12.4. The van der Waals surface area contributed by atoms with Gasteiger partial charge in [-0.25, -0.2) is 0 Å². The standard InChI is InChI=1S/C19H28O2S2/c1-4-5-6-7-8-18(14-22)23-19(20)15(2)13-16-9-11-17(21-3)12-10-16/h9-13,18,22H,4-8,14H2,1-3H3/b15-13+. The van der Waals surface area contributed by atoms with Crippen LogP contribution in [-0.4, -0.2) is 23.2 Å². The Bertz CT molecular complexity index is 495. The molecule has 1 rings (SSSR count). The minimum Gasteiger partial charge on any atom is -0.497 e. The summed E-state index contributed by atoms with van der Waals surface area (Å²) in [7, 11) is 1.65. The zero-order valence-corrected chi connectivity index (χ0v) is 16.1. The molecule has 0 aliphatic carbocycles. The summed E-state index contributed by atoms with van der Waals surface area (Å²) in [6, 6.07) is 7.73. The first-order valence-corrected chi connectivity index (χ1v) is 9.76. The fourth-order valence-electron chi connectivity index (χ4n) is 2.24. The van der Waals surface area contributed by atoms with Gasteiger partial charge in [0, 0.05) is 16.6 Å². The van der Waals surface area contributed by atoms with Crippen molar-refractivity contribution in [3.8, 4) is 5.75 Å². The van der Waals surface area contributed by atoms with Gasteiger partial charge in [0.1, 0.15) is 5.75 Å². The SMILES string of the molecule is CCCCCCC(CS)SC(=O)/C(C)=C/c1ccc(OC)cc1. The average molecular weight is 353 g/mol. The Hall–Kier alpha value is -0.870. The van der Waals surface area contributed by atoms with Crippen LogP contribution in [0.5, 0.6) is 5.75 Å². The monoisotopic (exact) mass is 352 g/mol. The molecule has 0 heterocycles. The lowest BCUT2D eigenvalue weighted by Crippen LogP contribution is -2.09. The molecular formula is C19H28O2S2. The van der Waals surface area contributed by atoms with E-state index in [1.165, 1.54) is 37.4 Å². The summed E-state index contributed by atoms with van der Waals surface area (Å²) >= 11 is 5.83. The number of carbonyl (C=O) groups is 1. The lowest BCUT2D eigenvalue weighted by molar-refractivity contribution is -0.107. The Morgan fingerprint density at radius 1 is 1.26 bits per heavy atom. The van der Waals surface area contributed by atoms with E-state index in [0.29, 0.717) is 5.25 Å². The highest BCUT2D eigenvalue weighted by atomic mass is 32.2. The van der Waals surface area contributed by atoms with Gasteiger partial charge in [-0.3, -0.25) is 4.79 Å². The van der Waals surface area contributed by atoms with Gasteiger partial charge in [0.25, 0.3) is 0 Å². The fraction of sp³-hybridized carbons (Fsp3) is 0.526. The second-order valence-corrected chi connectivity index (χ2v) is 7.30. The minimum absolute atomic E-state index is 0.148. The van der Waals surface area contributed by atoms with Crippen LogP contribution in [0.2, 0.25) is 0 Å². The van der Waals surface area contributed by atoms with E-state index >= 15 is 0 Å². The molecule has 1 unspecified atom stereocenters. The molecule has 2 nitrogen and oxygen atoms in total. The third-order valence-electron chi connectivity index (χ3n) is 3.68. The van der Waals surface area contributed by atoms with Gasteiger partial charge in [-0.2, -0.15) is 12.6 Å². The zero-order valence-electron chi connectivity index (χ0n) is 14.4. The highest BCUT2D eigenvalue weighted by Gasteiger charge is 2.14. The maximum Gasteiger partial charge on any atom is 0.215 e. The number of ether oxygens (including phenoxy) is 1. The summed E-state index contributed by atoms with van der Waals surface area (Å²) < 4.78 is 5.14. The minimum atomic E-state index is 0.148. The Morgan fingerprint density at radius 2 is 1.96 bits per heavy atom. The Balaban J connectivity index is 2.54. The molecule has 0 saturated heterocycles. The maximum atomic E-state index is 12.4. The van der Waals surface area contributed by atoms with Crippen molar-refractivity contribution in [2.24, 2.45) is 0 Å². The first-order valence-electron chi connectivity index (χ1n) is 8.24. The van der Waals surface area contributed by atoms with E-state index in [2.05, 4.69) is 19.6 Å². The zero-order chi connectivity index (χ0) is 17.1. The molecule has 0 aliphatic rings. The third-order valence-corrected chi connectivity index (χ3v) is 5.64. The van der Waals surface area contributed by atoms with Gasteiger partial charge in [0.2, 0.25) is 5.12 Å². The molecule has 0 amide bonds. The summed E-state index contributed by atoms with van der Waals surface area (Å²) in [6.07, 6.45) is 7.93. The highest BCUT2D eigenvalue weighted by molar-refractivity contribution is 8.15. The molecule has 0 aliphatic heterocycles. The summed E-state index contributed by atoms with van der Waals surface area (Å²) in [5, 5.41) is 0.456. The predicted molar refractivity (Wildman–Crippen MR) is 106 cm³/mol. The summed E-state index contributed by atoms with van der Waals surface area (Å²) in [5.74, 6) is 1.57. The number of thioether (sulfide) groups is 1. The van der Waals surface area contributed by atoms with Crippen LogP contribution in [0.1, 0.15) is 51.5 Å². The van der Waals surface area contributed by atoms with Crippen LogP contribution in [0.15, 0.2) is 29.8 Å². The molecular weight excluding hydrogens is 324 g/mol. The topological polar surface area (TPSA) is 26.3 Å². The fourth-order valence-corrected chi connectivity index (χ4v) is 3.55. The number of unbranched alkanes of at least 4 members (excludes halogenated alkanes) is 3. The number of hydrogen-bond donors (Lipinski definition) is 1. The molecule has 1 aromatic rings. The van der Waals surface area contributed by atoms with Gasteiger partial charge >= 0.3 is 0 Å². The van der Waals surface area contributed by atoms with Gasteiger partial charge in [-0.15, -0.1) is 0 Å². The van der Waals surface area contributed by atoms with E-state index < -0.39 is 0 Å².